The minimum atomic E-state index is -0.0269. The van der Waals surface area contributed by atoms with Crippen LogP contribution in [0.5, 0.6) is 0 Å². The molecule has 1 aliphatic rings. The number of aromatic nitrogens is 3. The highest BCUT2D eigenvalue weighted by molar-refractivity contribution is 7.98. The number of nitrogens with one attached hydrogen (secondary N) is 1. The molecule has 0 radical (unpaired) electrons. The average molecular weight is 299 g/mol. The number of thioether (sulfide) groups is 1. The quantitative estimate of drug-likeness (QED) is 0.806. The van der Waals surface area contributed by atoms with Gasteiger partial charge in [0.1, 0.15) is 5.82 Å². The number of urea groups is 1. The van der Waals surface area contributed by atoms with E-state index in [9.17, 15) is 4.79 Å². The van der Waals surface area contributed by atoms with Gasteiger partial charge in [-0.2, -0.15) is 0 Å². The first kappa shape index (κ1) is 15.1. The Kier molecular flexibility index (Phi) is 5.66. The van der Waals surface area contributed by atoms with Gasteiger partial charge in [0.05, 0.1) is 13.2 Å². The fourth-order valence-corrected chi connectivity index (χ4v) is 2.71. The van der Waals surface area contributed by atoms with Crippen molar-refractivity contribution in [1.82, 2.24) is 25.0 Å². The molecule has 2 amide bonds. The summed E-state index contributed by atoms with van der Waals surface area (Å²) in [4.78, 5) is 13.7. The second kappa shape index (κ2) is 7.49. The molecular formula is C12H21N5O2S. The van der Waals surface area contributed by atoms with Crippen LogP contribution in [0.3, 0.4) is 0 Å². The molecule has 112 valence electrons. The Hall–Kier alpha value is -1.28. The van der Waals surface area contributed by atoms with Gasteiger partial charge in [0.2, 0.25) is 0 Å². The number of morpholine rings is 1. The van der Waals surface area contributed by atoms with Crippen molar-refractivity contribution in [2.75, 3.05) is 39.1 Å². The standard InChI is InChI=1S/C12H21N5O2S/c1-3-17-10(14-15-12(17)20-2)4-5-13-11(18)16-6-8-19-9-7-16/h3-9H2,1-2H3,(H,13,18). The topological polar surface area (TPSA) is 72.3 Å². The van der Waals surface area contributed by atoms with Gasteiger partial charge in [0.15, 0.2) is 5.16 Å². The number of hydrogen-bond donors (Lipinski definition) is 1. The molecule has 1 N–H and O–H groups in total. The van der Waals surface area contributed by atoms with Crippen LogP contribution >= 0.6 is 11.8 Å². The molecule has 2 heterocycles. The molecule has 1 saturated heterocycles. The summed E-state index contributed by atoms with van der Waals surface area (Å²) in [6, 6.07) is -0.0269. The summed E-state index contributed by atoms with van der Waals surface area (Å²) in [6.07, 6.45) is 2.68. The lowest BCUT2D eigenvalue weighted by molar-refractivity contribution is 0.0532. The molecular weight excluding hydrogens is 278 g/mol. The van der Waals surface area contributed by atoms with E-state index >= 15 is 0 Å². The predicted octanol–water partition coefficient (Wildman–Crippen LogP) is 0.604. The lowest BCUT2D eigenvalue weighted by Gasteiger charge is -2.26. The molecule has 0 unspecified atom stereocenters. The third-order valence-electron chi connectivity index (χ3n) is 3.22. The Morgan fingerprint density at radius 2 is 2.15 bits per heavy atom. The number of nitrogens with zero attached hydrogens (tertiary/aromatic N) is 4. The molecule has 8 heteroatoms. The monoisotopic (exact) mass is 299 g/mol. The van der Waals surface area contributed by atoms with Crippen molar-refractivity contribution >= 4 is 17.8 Å². The minimum absolute atomic E-state index is 0.0269. The van der Waals surface area contributed by atoms with E-state index in [1.165, 1.54) is 0 Å². The largest absolute Gasteiger partial charge is 0.378 e. The Labute approximate surface area is 123 Å². The van der Waals surface area contributed by atoms with Gasteiger partial charge in [-0.1, -0.05) is 11.8 Å². The van der Waals surface area contributed by atoms with Gasteiger partial charge in [-0.3, -0.25) is 0 Å². The van der Waals surface area contributed by atoms with Crippen LogP contribution in [0.15, 0.2) is 5.16 Å². The molecule has 0 spiro atoms. The van der Waals surface area contributed by atoms with E-state index in [0.717, 1.165) is 17.5 Å². The van der Waals surface area contributed by atoms with Crippen LogP contribution in [0.25, 0.3) is 0 Å². The van der Waals surface area contributed by atoms with E-state index in [1.54, 1.807) is 16.7 Å². The zero-order valence-electron chi connectivity index (χ0n) is 12.0. The average Bonchev–Trinajstić information content (AvgIpc) is 2.90. The van der Waals surface area contributed by atoms with Gasteiger partial charge in [-0.15, -0.1) is 10.2 Å². The molecule has 1 aromatic heterocycles. The van der Waals surface area contributed by atoms with Crippen LogP contribution in [0, 0.1) is 0 Å². The highest BCUT2D eigenvalue weighted by Gasteiger charge is 2.16. The van der Waals surface area contributed by atoms with Crippen LogP contribution < -0.4 is 5.32 Å². The van der Waals surface area contributed by atoms with Crippen molar-refractivity contribution in [1.29, 1.82) is 0 Å². The van der Waals surface area contributed by atoms with Crippen molar-refractivity contribution in [3.63, 3.8) is 0 Å². The van der Waals surface area contributed by atoms with E-state index in [-0.39, 0.29) is 6.03 Å². The summed E-state index contributed by atoms with van der Waals surface area (Å²) in [5.41, 5.74) is 0. The van der Waals surface area contributed by atoms with Crippen molar-refractivity contribution in [2.45, 2.75) is 25.0 Å². The highest BCUT2D eigenvalue weighted by atomic mass is 32.2. The maximum absolute atomic E-state index is 11.9. The van der Waals surface area contributed by atoms with Gasteiger partial charge in [0.25, 0.3) is 0 Å². The van der Waals surface area contributed by atoms with Crippen molar-refractivity contribution in [3.05, 3.63) is 5.82 Å². The summed E-state index contributed by atoms with van der Waals surface area (Å²) in [5.74, 6) is 0.916. The first-order valence-corrected chi connectivity index (χ1v) is 8.05. The number of carbonyl (C=O) groups excluding carboxylic acids is 1. The van der Waals surface area contributed by atoms with E-state index in [0.29, 0.717) is 39.3 Å². The molecule has 1 aliphatic heterocycles. The van der Waals surface area contributed by atoms with Gasteiger partial charge >= 0.3 is 6.03 Å². The molecule has 20 heavy (non-hydrogen) atoms. The van der Waals surface area contributed by atoms with E-state index in [2.05, 4.69) is 27.0 Å². The highest BCUT2D eigenvalue weighted by Crippen LogP contribution is 2.13. The van der Waals surface area contributed by atoms with Crippen LogP contribution in [0.1, 0.15) is 12.7 Å². The third kappa shape index (κ3) is 3.63. The van der Waals surface area contributed by atoms with Gasteiger partial charge < -0.3 is 19.5 Å². The zero-order chi connectivity index (χ0) is 14.4. The Bertz CT molecular complexity index is 445. The van der Waals surface area contributed by atoms with Gasteiger partial charge in [-0.05, 0) is 13.2 Å². The summed E-state index contributed by atoms with van der Waals surface area (Å²) in [6.45, 7) is 6.04. The lowest BCUT2D eigenvalue weighted by atomic mass is 10.4. The molecule has 7 nitrogen and oxygen atoms in total. The number of amides is 2. The third-order valence-corrected chi connectivity index (χ3v) is 3.88. The Balaban J connectivity index is 1.80. The first-order chi connectivity index (χ1) is 9.76. The number of rotatable bonds is 5. The molecule has 0 bridgehead atoms. The molecule has 1 aromatic rings. The normalized spacial score (nSPS) is 15.4. The van der Waals surface area contributed by atoms with Crippen molar-refractivity contribution < 1.29 is 9.53 Å². The Morgan fingerprint density at radius 1 is 1.40 bits per heavy atom. The number of ether oxygens (including phenoxy) is 1. The molecule has 2 rings (SSSR count). The summed E-state index contributed by atoms with van der Waals surface area (Å²) < 4.78 is 7.30. The fourth-order valence-electron chi connectivity index (χ4n) is 2.13. The second-order valence-corrected chi connectivity index (χ2v) is 5.20. The van der Waals surface area contributed by atoms with E-state index in [4.69, 9.17) is 4.74 Å². The van der Waals surface area contributed by atoms with Crippen LogP contribution in [-0.4, -0.2) is 64.8 Å². The zero-order valence-corrected chi connectivity index (χ0v) is 12.8. The maximum atomic E-state index is 11.9. The van der Waals surface area contributed by atoms with Crippen LogP contribution in [0.4, 0.5) is 4.79 Å². The van der Waals surface area contributed by atoms with Gasteiger partial charge in [-0.25, -0.2) is 4.79 Å². The fraction of sp³-hybridized carbons (Fsp3) is 0.750. The van der Waals surface area contributed by atoms with Crippen molar-refractivity contribution in [2.24, 2.45) is 0 Å². The van der Waals surface area contributed by atoms with Crippen LogP contribution in [-0.2, 0) is 17.7 Å². The molecule has 0 saturated carbocycles. The van der Waals surface area contributed by atoms with Crippen LogP contribution in [0.2, 0.25) is 0 Å². The molecule has 1 fully saturated rings. The predicted molar refractivity (Wildman–Crippen MR) is 77.0 cm³/mol. The maximum Gasteiger partial charge on any atom is 0.317 e. The molecule has 0 atom stereocenters. The van der Waals surface area contributed by atoms with Crippen molar-refractivity contribution in [3.8, 4) is 0 Å². The first-order valence-electron chi connectivity index (χ1n) is 6.82. The summed E-state index contributed by atoms with van der Waals surface area (Å²) >= 11 is 1.58. The Morgan fingerprint density at radius 3 is 2.80 bits per heavy atom. The SMILES string of the molecule is CCn1c(CCNC(=O)N2CCOCC2)nnc1SC. The smallest absolute Gasteiger partial charge is 0.317 e. The molecule has 0 aliphatic carbocycles. The number of hydrogen-bond acceptors (Lipinski definition) is 5. The minimum Gasteiger partial charge on any atom is -0.378 e. The van der Waals surface area contributed by atoms with Gasteiger partial charge in [0, 0.05) is 32.6 Å². The summed E-state index contributed by atoms with van der Waals surface area (Å²) in [7, 11) is 0. The van der Waals surface area contributed by atoms with E-state index in [1.807, 2.05) is 6.26 Å². The lowest BCUT2D eigenvalue weighted by Crippen LogP contribution is -2.46. The molecule has 0 aromatic carbocycles. The summed E-state index contributed by atoms with van der Waals surface area (Å²) in [5, 5.41) is 12.1. The van der Waals surface area contributed by atoms with E-state index < -0.39 is 0 Å². The second-order valence-electron chi connectivity index (χ2n) is 4.43. The number of carbonyl (C=O) groups is 1.